The normalized spacial score (nSPS) is 12.6. The number of benzene rings is 1. The van der Waals surface area contributed by atoms with Crippen LogP contribution in [0.3, 0.4) is 0 Å². The van der Waals surface area contributed by atoms with E-state index in [4.69, 9.17) is 5.11 Å². The van der Waals surface area contributed by atoms with E-state index in [0.29, 0.717) is 16.6 Å². The number of hydrogen-bond donors (Lipinski definition) is 3. The standard InChI is InChI=1S/C17H22N4O3/c1-21(2,3)11-14(10-16(22)23)19-17(24)13-6-4-12(5-7-13)15-8-9-18-20-15/h4-9,14H,10-11H2,1-3H3,(H2-,18,19,20,22,23,24)/p+1/t14-/m1/s1. The van der Waals surface area contributed by atoms with Crippen LogP contribution in [0.1, 0.15) is 16.8 Å². The molecule has 0 spiro atoms. The molecule has 3 N–H and O–H groups in total. The summed E-state index contributed by atoms with van der Waals surface area (Å²) in [4.78, 5) is 23.4. The van der Waals surface area contributed by atoms with Crippen molar-refractivity contribution in [3.05, 3.63) is 42.1 Å². The van der Waals surface area contributed by atoms with Crippen molar-refractivity contribution in [1.82, 2.24) is 15.5 Å². The third-order valence-corrected chi connectivity index (χ3v) is 3.48. The van der Waals surface area contributed by atoms with E-state index in [1.54, 1.807) is 18.3 Å². The second-order valence-corrected chi connectivity index (χ2v) is 6.79. The fourth-order valence-corrected chi connectivity index (χ4v) is 2.52. The van der Waals surface area contributed by atoms with E-state index in [2.05, 4.69) is 15.5 Å². The Hall–Kier alpha value is -2.67. The van der Waals surface area contributed by atoms with Gasteiger partial charge in [0.15, 0.2) is 0 Å². The summed E-state index contributed by atoms with van der Waals surface area (Å²) in [6.07, 6.45) is 1.56. The van der Waals surface area contributed by atoms with Crippen LogP contribution in [0.15, 0.2) is 36.5 Å². The first kappa shape index (κ1) is 17.7. The zero-order valence-electron chi connectivity index (χ0n) is 14.1. The predicted molar refractivity (Wildman–Crippen MR) is 90.4 cm³/mol. The van der Waals surface area contributed by atoms with Crippen LogP contribution in [0.25, 0.3) is 11.3 Å². The van der Waals surface area contributed by atoms with Gasteiger partial charge in [0.2, 0.25) is 0 Å². The highest BCUT2D eigenvalue weighted by Crippen LogP contribution is 2.16. The fraction of sp³-hybridized carbons (Fsp3) is 0.353. The van der Waals surface area contributed by atoms with Crippen molar-refractivity contribution >= 4 is 11.9 Å². The molecule has 0 aliphatic carbocycles. The molecule has 1 aromatic carbocycles. The van der Waals surface area contributed by atoms with Gasteiger partial charge in [-0.05, 0) is 23.8 Å². The molecule has 7 heteroatoms. The lowest BCUT2D eigenvalue weighted by Crippen LogP contribution is -2.49. The van der Waals surface area contributed by atoms with Crippen molar-refractivity contribution in [3.63, 3.8) is 0 Å². The molecular formula is C17H23N4O3+. The van der Waals surface area contributed by atoms with Crippen molar-refractivity contribution in [2.24, 2.45) is 0 Å². The van der Waals surface area contributed by atoms with E-state index < -0.39 is 12.0 Å². The Morgan fingerprint density at radius 1 is 1.21 bits per heavy atom. The number of carboxylic acid groups (broad SMARTS) is 1. The zero-order chi connectivity index (χ0) is 17.7. The fourth-order valence-electron chi connectivity index (χ4n) is 2.52. The lowest BCUT2D eigenvalue weighted by Gasteiger charge is -2.29. The first-order valence-corrected chi connectivity index (χ1v) is 7.67. The summed E-state index contributed by atoms with van der Waals surface area (Å²) >= 11 is 0. The Labute approximate surface area is 140 Å². The highest BCUT2D eigenvalue weighted by atomic mass is 16.4. The average Bonchev–Trinajstić information content (AvgIpc) is 2.99. The number of quaternary nitrogens is 1. The van der Waals surface area contributed by atoms with Gasteiger partial charge in [0.1, 0.15) is 0 Å². The van der Waals surface area contributed by atoms with Gasteiger partial charge in [-0.15, -0.1) is 0 Å². The minimum Gasteiger partial charge on any atom is -0.481 e. The Balaban J connectivity index is 2.07. The van der Waals surface area contributed by atoms with Crippen molar-refractivity contribution in [2.75, 3.05) is 27.7 Å². The number of likely N-dealkylation sites (N-methyl/N-ethyl adjacent to an activating group) is 1. The van der Waals surface area contributed by atoms with E-state index >= 15 is 0 Å². The first-order valence-electron chi connectivity index (χ1n) is 7.67. The topological polar surface area (TPSA) is 95.1 Å². The molecule has 0 bridgehead atoms. The maximum absolute atomic E-state index is 12.4. The molecule has 0 radical (unpaired) electrons. The number of aromatic amines is 1. The van der Waals surface area contributed by atoms with Crippen molar-refractivity contribution in [3.8, 4) is 11.3 Å². The highest BCUT2D eigenvalue weighted by molar-refractivity contribution is 5.95. The van der Waals surface area contributed by atoms with Crippen LogP contribution >= 0.6 is 0 Å². The molecule has 1 amide bonds. The van der Waals surface area contributed by atoms with E-state index in [9.17, 15) is 9.59 Å². The maximum atomic E-state index is 12.4. The summed E-state index contributed by atoms with van der Waals surface area (Å²) in [5.74, 6) is -1.20. The minimum atomic E-state index is -0.927. The van der Waals surface area contributed by atoms with Crippen LogP contribution in [0.5, 0.6) is 0 Å². The minimum absolute atomic E-state index is 0.104. The molecule has 2 aromatic rings. The lowest BCUT2D eigenvalue weighted by atomic mass is 10.1. The number of amides is 1. The summed E-state index contributed by atoms with van der Waals surface area (Å²) in [6, 6.07) is 8.51. The van der Waals surface area contributed by atoms with Crippen molar-refractivity contribution in [2.45, 2.75) is 12.5 Å². The number of hydrogen-bond acceptors (Lipinski definition) is 3. The number of nitrogens with zero attached hydrogens (tertiary/aromatic N) is 2. The molecule has 0 aliphatic heterocycles. The van der Waals surface area contributed by atoms with Crippen LogP contribution in [-0.2, 0) is 4.79 Å². The van der Waals surface area contributed by atoms with E-state index in [0.717, 1.165) is 11.3 Å². The van der Waals surface area contributed by atoms with Gasteiger partial charge in [-0.3, -0.25) is 14.7 Å². The molecule has 0 saturated carbocycles. The van der Waals surface area contributed by atoms with E-state index in [1.165, 1.54) is 0 Å². The smallest absolute Gasteiger partial charge is 0.305 e. The summed E-state index contributed by atoms with van der Waals surface area (Å²) < 4.78 is 0.566. The molecule has 1 heterocycles. The first-order chi connectivity index (χ1) is 11.2. The van der Waals surface area contributed by atoms with Crippen LogP contribution < -0.4 is 5.32 Å². The Morgan fingerprint density at radius 2 is 1.88 bits per heavy atom. The van der Waals surface area contributed by atoms with E-state index in [-0.39, 0.29) is 12.3 Å². The predicted octanol–water partition coefficient (Wildman–Crippen LogP) is 1.36. The number of H-pyrrole nitrogens is 1. The molecule has 128 valence electrons. The van der Waals surface area contributed by atoms with Crippen LogP contribution in [0.4, 0.5) is 0 Å². The maximum Gasteiger partial charge on any atom is 0.305 e. The number of carboxylic acids is 1. The third-order valence-electron chi connectivity index (χ3n) is 3.48. The number of carbonyl (C=O) groups is 2. The van der Waals surface area contributed by atoms with Crippen LogP contribution in [0.2, 0.25) is 0 Å². The van der Waals surface area contributed by atoms with Gasteiger partial charge in [-0.25, -0.2) is 0 Å². The molecule has 1 atom stereocenters. The Bertz CT molecular complexity index is 688. The van der Waals surface area contributed by atoms with Crippen molar-refractivity contribution < 1.29 is 19.2 Å². The second-order valence-electron chi connectivity index (χ2n) is 6.79. The summed E-state index contributed by atoms with van der Waals surface area (Å²) in [6.45, 7) is 0.532. The molecule has 7 nitrogen and oxygen atoms in total. The monoisotopic (exact) mass is 331 g/mol. The molecule has 0 fully saturated rings. The number of rotatable bonds is 7. The zero-order valence-corrected chi connectivity index (χ0v) is 14.1. The van der Waals surface area contributed by atoms with Gasteiger partial charge in [-0.2, -0.15) is 5.10 Å². The van der Waals surface area contributed by atoms with Crippen LogP contribution in [-0.4, -0.2) is 65.4 Å². The van der Waals surface area contributed by atoms with Gasteiger partial charge in [-0.1, -0.05) is 12.1 Å². The van der Waals surface area contributed by atoms with Gasteiger partial charge in [0.05, 0.1) is 45.8 Å². The molecule has 24 heavy (non-hydrogen) atoms. The van der Waals surface area contributed by atoms with Gasteiger partial charge < -0.3 is 14.9 Å². The Morgan fingerprint density at radius 3 is 2.38 bits per heavy atom. The average molecular weight is 331 g/mol. The SMILES string of the molecule is C[N+](C)(C)C[C@@H](CC(=O)O)NC(=O)c1ccc(-c2ccn[nH]2)cc1. The number of aromatic nitrogens is 2. The van der Waals surface area contributed by atoms with E-state index in [1.807, 2.05) is 39.3 Å². The quantitative estimate of drug-likeness (QED) is 0.668. The molecular weight excluding hydrogens is 308 g/mol. The van der Waals surface area contributed by atoms with Gasteiger partial charge >= 0.3 is 5.97 Å². The molecule has 0 unspecified atom stereocenters. The summed E-state index contributed by atoms with van der Waals surface area (Å²) in [5.41, 5.74) is 2.29. The molecule has 2 rings (SSSR count). The van der Waals surface area contributed by atoms with Gasteiger partial charge in [0, 0.05) is 11.8 Å². The summed E-state index contributed by atoms with van der Waals surface area (Å²) in [5, 5.41) is 18.6. The number of carbonyl (C=O) groups excluding carboxylic acids is 1. The van der Waals surface area contributed by atoms with Crippen LogP contribution in [0, 0.1) is 0 Å². The number of aliphatic carboxylic acids is 1. The largest absolute Gasteiger partial charge is 0.481 e. The molecule has 1 aromatic heterocycles. The third kappa shape index (κ3) is 5.20. The Kier molecular flexibility index (Phi) is 5.35. The number of nitrogens with one attached hydrogen (secondary N) is 2. The van der Waals surface area contributed by atoms with Gasteiger partial charge in [0.25, 0.3) is 5.91 Å². The second kappa shape index (κ2) is 7.27. The van der Waals surface area contributed by atoms with Crippen molar-refractivity contribution in [1.29, 1.82) is 0 Å². The molecule has 0 saturated heterocycles. The highest BCUT2D eigenvalue weighted by Gasteiger charge is 2.23. The molecule has 0 aliphatic rings. The lowest BCUT2D eigenvalue weighted by molar-refractivity contribution is -0.871. The summed E-state index contributed by atoms with van der Waals surface area (Å²) in [7, 11) is 5.88.